The van der Waals surface area contributed by atoms with E-state index in [1.165, 1.54) is 10.6 Å². The predicted octanol–water partition coefficient (Wildman–Crippen LogP) is 0.923. The fraction of sp³-hybridized carbons (Fsp3) is 0.588. The first-order valence-electron chi connectivity index (χ1n) is 8.62. The van der Waals surface area contributed by atoms with Crippen molar-refractivity contribution in [3.63, 3.8) is 0 Å². The Labute approximate surface area is 155 Å². The molecule has 26 heavy (non-hydrogen) atoms. The maximum Gasteiger partial charge on any atom is 0.317 e. The Hall–Kier alpha value is -2.00. The summed E-state index contributed by atoms with van der Waals surface area (Å²) in [5, 5.41) is 2.88. The van der Waals surface area contributed by atoms with Crippen LogP contribution in [0.25, 0.3) is 0 Å². The molecular formula is C17H27N3O5S. The Bertz CT molecular complexity index is 715. The van der Waals surface area contributed by atoms with Crippen LogP contribution in [0.4, 0.5) is 4.79 Å². The van der Waals surface area contributed by atoms with Gasteiger partial charge in [-0.25, -0.2) is 13.2 Å². The number of carbonyl (C=O) groups excluding carboxylic acids is 1. The topological polar surface area (TPSA) is 88.2 Å². The largest absolute Gasteiger partial charge is 0.493 e. The first-order chi connectivity index (χ1) is 12.3. The van der Waals surface area contributed by atoms with E-state index >= 15 is 0 Å². The highest BCUT2D eigenvalue weighted by atomic mass is 32.2. The van der Waals surface area contributed by atoms with Crippen molar-refractivity contribution < 1.29 is 22.7 Å². The third kappa shape index (κ3) is 5.50. The molecule has 9 heteroatoms. The molecule has 0 aliphatic carbocycles. The van der Waals surface area contributed by atoms with Crippen molar-refractivity contribution in [2.45, 2.75) is 13.3 Å². The predicted molar refractivity (Wildman–Crippen MR) is 99.3 cm³/mol. The van der Waals surface area contributed by atoms with Gasteiger partial charge in [-0.3, -0.25) is 0 Å². The van der Waals surface area contributed by atoms with E-state index in [0.717, 1.165) is 5.56 Å². The molecule has 1 fully saturated rings. The van der Waals surface area contributed by atoms with Crippen LogP contribution in [0.3, 0.4) is 0 Å². The van der Waals surface area contributed by atoms with E-state index in [4.69, 9.17) is 9.47 Å². The Morgan fingerprint density at radius 1 is 1.19 bits per heavy atom. The van der Waals surface area contributed by atoms with Crippen molar-refractivity contribution >= 4 is 16.1 Å². The number of benzene rings is 1. The van der Waals surface area contributed by atoms with Crippen LogP contribution in [0, 0.1) is 0 Å². The van der Waals surface area contributed by atoms with Crippen LogP contribution in [0.2, 0.25) is 0 Å². The number of methoxy groups -OCH3 is 1. The fourth-order valence-electron chi connectivity index (χ4n) is 2.79. The number of ether oxygens (including phenoxy) is 2. The smallest absolute Gasteiger partial charge is 0.317 e. The normalized spacial score (nSPS) is 15.6. The van der Waals surface area contributed by atoms with Gasteiger partial charge in [0, 0.05) is 32.7 Å². The average molecular weight is 385 g/mol. The van der Waals surface area contributed by atoms with Gasteiger partial charge in [-0.05, 0) is 31.0 Å². The summed E-state index contributed by atoms with van der Waals surface area (Å²) in [4.78, 5) is 13.8. The molecular weight excluding hydrogens is 358 g/mol. The average Bonchev–Trinajstić information content (AvgIpc) is 2.62. The molecule has 1 aliphatic rings. The molecule has 1 aliphatic heterocycles. The van der Waals surface area contributed by atoms with Crippen molar-refractivity contribution in [1.82, 2.24) is 14.5 Å². The zero-order valence-corrected chi connectivity index (χ0v) is 16.3. The Morgan fingerprint density at radius 2 is 1.88 bits per heavy atom. The van der Waals surface area contributed by atoms with Gasteiger partial charge in [0.25, 0.3) is 0 Å². The number of urea groups is 1. The number of hydrogen-bond acceptors (Lipinski definition) is 5. The summed E-state index contributed by atoms with van der Waals surface area (Å²) in [6.45, 7) is 4.44. The zero-order chi connectivity index (χ0) is 19.2. The molecule has 1 aromatic carbocycles. The van der Waals surface area contributed by atoms with E-state index in [1.54, 1.807) is 12.0 Å². The SMILES string of the molecule is CCOc1ccc(CCNC(=O)N2CCN(S(C)(=O)=O)CC2)cc1OC. The van der Waals surface area contributed by atoms with E-state index < -0.39 is 10.0 Å². The lowest BCUT2D eigenvalue weighted by molar-refractivity contribution is 0.172. The van der Waals surface area contributed by atoms with Crippen LogP contribution in [0.15, 0.2) is 18.2 Å². The lowest BCUT2D eigenvalue weighted by atomic mass is 10.1. The quantitative estimate of drug-likeness (QED) is 0.754. The molecule has 1 aromatic rings. The highest BCUT2D eigenvalue weighted by molar-refractivity contribution is 7.88. The van der Waals surface area contributed by atoms with Gasteiger partial charge in [0.15, 0.2) is 11.5 Å². The van der Waals surface area contributed by atoms with E-state index in [0.29, 0.717) is 57.3 Å². The van der Waals surface area contributed by atoms with Crippen molar-refractivity contribution in [2.75, 3.05) is 52.7 Å². The van der Waals surface area contributed by atoms with Crippen molar-refractivity contribution in [3.8, 4) is 11.5 Å². The third-order valence-electron chi connectivity index (χ3n) is 4.21. The summed E-state index contributed by atoms with van der Waals surface area (Å²) in [7, 11) is -1.59. The van der Waals surface area contributed by atoms with Crippen LogP contribution in [0.1, 0.15) is 12.5 Å². The second-order valence-corrected chi connectivity index (χ2v) is 8.03. The van der Waals surface area contributed by atoms with Crippen LogP contribution in [-0.2, 0) is 16.4 Å². The molecule has 0 bridgehead atoms. The minimum absolute atomic E-state index is 0.170. The molecule has 0 aromatic heterocycles. The summed E-state index contributed by atoms with van der Waals surface area (Å²) in [5.41, 5.74) is 1.03. The van der Waals surface area contributed by atoms with Gasteiger partial charge in [-0.1, -0.05) is 6.07 Å². The molecule has 1 heterocycles. The van der Waals surface area contributed by atoms with Crippen LogP contribution in [0.5, 0.6) is 11.5 Å². The number of sulfonamides is 1. The van der Waals surface area contributed by atoms with Gasteiger partial charge in [-0.2, -0.15) is 4.31 Å². The maximum absolute atomic E-state index is 12.2. The lowest BCUT2D eigenvalue weighted by Gasteiger charge is -2.33. The lowest BCUT2D eigenvalue weighted by Crippen LogP contribution is -2.53. The van der Waals surface area contributed by atoms with Crippen LogP contribution >= 0.6 is 0 Å². The molecule has 2 amide bonds. The first kappa shape index (κ1) is 20.3. The standard InChI is InChI=1S/C17H27N3O5S/c1-4-25-15-6-5-14(13-16(15)24-2)7-8-18-17(21)19-9-11-20(12-10-19)26(3,22)23/h5-6,13H,4,7-12H2,1-3H3,(H,18,21). The minimum Gasteiger partial charge on any atom is -0.493 e. The fourth-order valence-corrected chi connectivity index (χ4v) is 3.62. The monoisotopic (exact) mass is 385 g/mol. The molecule has 146 valence electrons. The van der Waals surface area contributed by atoms with Crippen LogP contribution in [-0.4, -0.2) is 76.4 Å². The molecule has 1 N–H and O–H groups in total. The summed E-state index contributed by atoms with van der Waals surface area (Å²) < 4.78 is 35.2. The number of carbonyl (C=O) groups is 1. The number of amides is 2. The van der Waals surface area contributed by atoms with Crippen molar-refractivity contribution in [3.05, 3.63) is 23.8 Å². The second-order valence-electron chi connectivity index (χ2n) is 6.05. The zero-order valence-electron chi connectivity index (χ0n) is 15.5. The second kappa shape index (κ2) is 9.09. The van der Waals surface area contributed by atoms with Gasteiger partial charge in [0.05, 0.1) is 20.0 Å². The summed E-state index contributed by atoms with van der Waals surface area (Å²) in [6.07, 6.45) is 1.85. The third-order valence-corrected chi connectivity index (χ3v) is 5.52. The number of piperazine rings is 1. The van der Waals surface area contributed by atoms with Crippen LogP contribution < -0.4 is 14.8 Å². The number of nitrogens with one attached hydrogen (secondary N) is 1. The maximum atomic E-state index is 12.2. The highest BCUT2D eigenvalue weighted by Crippen LogP contribution is 2.28. The first-order valence-corrected chi connectivity index (χ1v) is 10.5. The Kier molecular flexibility index (Phi) is 7.10. The molecule has 0 unspecified atom stereocenters. The number of nitrogens with zero attached hydrogens (tertiary/aromatic N) is 2. The number of hydrogen-bond donors (Lipinski definition) is 1. The Morgan fingerprint density at radius 3 is 2.46 bits per heavy atom. The van der Waals surface area contributed by atoms with Crippen molar-refractivity contribution in [2.24, 2.45) is 0 Å². The van der Waals surface area contributed by atoms with E-state index in [-0.39, 0.29) is 6.03 Å². The molecule has 0 spiro atoms. The molecule has 1 saturated heterocycles. The molecule has 8 nitrogen and oxygen atoms in total. The molecule has 0 atom stereocenters. The number of rotatable bonds is 7. The summed E-state index contributed by atoms with van der Waals surface area (Å²) >= 11 is 0. The van der Waals surface area contributed by atoms with Gasteiger partial charge in [0.1, 0.15) is 0 Å². The molecule has 0 radical (unpaired) electrons. The van der Waals surface area contributed by atoms with E-state index in [1.807, 2.05) is 25.1 Å². The molecule has 0 saturated carbocycles. The highest BCUT2D eigenvalue weighted by Gasteiger charge is 2.25. The minimum atomic E-state index is -3.19. The van der Waals surface area contributed by atoms with Gasteiger partial charge in [0.2, 0.25) is 10.0 Å². The van der Waals surface area contributed by atoms with E-state index in [9.17, 15) is 13.2 Å². The molecule has 2 rings (SSSR count). The summed E-state index contributed by atoms with van der Waals surface area (Å²) in [5.74, 6) is 1.37. The Balaban J connectivity index is 1.80. The summed E-state index contributed by atoms with van der Waals surface area (Å²) in [6, 6.07) is 5.55. The van der Waals surface area contributed by atoms with Gasteiger partial charge < -0.3 is 19.7 Å². The van der Waals surface area contributed by atoms with Crippen molar-refractivity contribution in [1.29, 1.82) is 0 Å². The van der Waals surface area contributed by atoms with Gasteiger partial charge >= 0.3 is 6.03 Å². The van der Waals surface area contributed by atoms with Gasteiger partial charge in [-0.15, -0.1) is 0 Å². The van der Waals surface area contributed by atoms with E-state index in [2.05, 4.69) is 5.32 Å².